The lowest BCUT2D eigenvalue weighted by Crippen LogP contribution is -2.33. The summed E-state index contributed by atoms with van der Waals surface area (Å²) in [6, 6.07) is 3.96. The van der Waals surface area contributed by atoms with E-state index in [1.54, 1.807) is 0 Å². The molecule has 1 aromatic carbocycles. The standard InChI is InChI=1S/C14H10F2N2O3/c15-10-2-1-9(7-11(10)16)12(14(20)21)18-13(19)8-3-5-17-6-4-8/h1-7,12H,(H,18,19)(H,20,21). The summed E-state index contributed by atoms with van der Waals surface area (Å²) in [4.78, 5) is 26.9. The highest BCUT2D eigenvalue weighted by Gasteiger charge is 2.23. The SMILES string of the molecule is O=C(NC(C(=O)O)c1ccc(F)c(F)c1)c1ccncc1. The van der Waals surface area contributed by atoms with Crippen LogP contribution in [0.1, 0.15) is 22.0 Å². The zero-order valence-electron chi connectivity index (χ0n) is 10.6. The Hall–Kier alpha value is -2.83. The molecule has 0 aliphatic carbocycles. The highest BCUT2D eigenvalue weighted by atomic mass is 19.2. The molecule has 5 nitrogen and oxygen atoms in total. The number of aliphatic carboxylic acids is 1. The van der Waals surface area contributed by atoms with Crippen LogP contribution in [0, 0.1) is 11.6 Å². The van der Waals surface area contributed by atoms with Gasteiger partial charge in [0.05, 0.1) is 0 Å². The van der Waals surface area contributed by atoms with E-state index in [0.29, 0.717) is 0 Å². The third kappa shape index (κ3) is 3.38. The Morgan fingerprint density at radius 2 is 1.76 bits per heavy atom. The predicted molar refractivity (Wildman–Crippen MR) is 68.4 cm³/mol. The minimum absolute atomic E-state index is 0.0659. The molecule has 2 aromatic rings. The first-order chi connectivity index (χ1) is 9.99. The van der Waals surface area contributed by atoms with E-state index < -0.39 is 29.6 Å². The summed E-state index contributed by atoms with van der Waals surface area (Å²) in [5.41, 5.74) is 0.141. The van der Waals surface area contributed by atoms with Gasteiger partial charge in [0.2, 0.25) is 0 Å². The molecular weight excluding hydrogens is 282 g/mol. The van der Waals surface area contributed by atoms with Crippen LogP contribution >= 0.6 is 0 Å². The van der Waals surface area contributed by atoms with Crippen LogP contribution in [-0.4, -0.2) is 22.0 Å². The van der Waals surface area contributed by atoms with E-state index in [1.807, 2.05) is 0 Å². The molecule has 1 aromatic heterocycles. The van der Waals surface area contributed by atoms with Crippen LogP contribution in [0.2, 0.25) is 0 Å². The van der Waals surface area contributed by atoms with Gasteiger partial charge in [-0.25, -0.2) is 13.6 Å². The van der Waals surface area contributed by atoms with Crippen molar-refractivity contribution in [2.75, 3.05) is 0 Å². The molecule has 0 fully saturated rings. The van der Waals surface area contributed by atoms with E-state index >= 15 is 0 Å². The van der Waals surface area contributed by atoms with Crippen LogP contribution in [0.25, 0.3) is 0 Å². The van der Waals surface area contributed by atoms with Crippen molar-refractivity contribution >= 4 is 11.9 Å². The van der Waals surface area contributed by atoms with Crippen molar-refractivity contribution in [2.24, 2.45) is 0 Å². The van der Waals surface area contributed by atoms with E-state index in [2.05, 4.69) is 10.3 Å². The molecule has 0 saturated heterocycles. The van der Waals surface area contributed by atoms with Gasteiger partial charge in [-0.15, -0.1) is 0 Å². The molecule has 2 rings (SSSR count). The van der Waals surface area contributed by atoms with Crippen molar-refractivity contribution < 1.29 is 23.5 Å². The third-order valence-corrected chi connectivity index (χ3v) is 2.74. The lowest BCUT2D eigenvalue weighted by molar-refractivity contribution is -0.139. The van der Waals surface area contributed by atoms with Crippen LogP contribution in [0.5, 0.6) is 0 Å². The van der Waals surface area contributed by atoms with E-state index in [9.17, 15) is 18.4 Å². The Kier molecular flexibility index (Phi) is 4.22. The number of hydrogen-bond donors (Lipinski definition) is 2. The van der Waals surface area contributed by atoms with Gasteiger partial charge in [0.1, 0.15) is 0 Å². The molecule has 21 heavy (non-hydrogen) atoms. The van der Waals surface area contributed by atoms with Crippen LogP contribution in [0.15, 0.2) is 42.7 Å². The fourth-order valence-corrected chi connectivity index (χ4v) is 1.70. The number of nitrogens with zero attached hydrogens (tertiary/aromatic N) is 1. The molecular formula is C14H10F2N2O3. The van der Waals surface area contributed by atoms with Gasteiger partial charge in [-0.2, -0.15) is 0 Å². The summed E-state index contributed by atoms with van der Waals surface area (Å²) < 4.78 is 26.0. The second-order valence-electron chi connectivity index (χ2n) is 4.15. The van der Waals surface area contributed by atoms with E-state index in [1.165, 1.54) is 24.5 Å². The van der Waals surface area contributed by atoms with Gasteiger partial charge < -0.3 is 10.4 Å². The number of pyridine rings is 1. The summed E-state index contributed by atoms with van der Waals surface area (Å²) in [5.74, 6) is -4.32. The fraction of sp³-hybridized carbons (Fsp3) is 0.0714. The number of aromatic nitrogens is 1. The maximum Gasteiger partial charge on any atom is 0.330 e. The normalized spacial score (nSPS) is 11.7. The van der Waals surface area contributed by atoms with Gasteiger partial charge in [-0.3, -0.25) is 9.78 Å². The van der Waals surface area contributed by atoms with Gasteiger partial charge in [0, 0.05) is 18.0 Å². The predicted octanol–water partition coefficient (Wildman–Crippen LogP) is 1.92. The highest BCUT2D eigenvalue weighted by molar-refractivity contribution is 5.96. The summed E-state index contributed by atoms with van der Waals surface area (Å²) in [7, 11) is 0. The van der Waals surface area contributed by atoms with Gasteiger partial charge in [0.25, 0.3) is 5.91 Å². The topological polar surface area (TPSA) is 79.3 Å². The maximum absolute atomic E-state index is 13.2. The average molecular weight is 292 g/mol. The molecule has 0 saturated carbocycles. The van der Waals surface area contributed by atoms with Crippen molar-refractivity contribution in [3.05, 3.63) is 65.5 Å². The van der Waals surface area contributed by atoms with Gasteiger partial charge >= 0.3 is 5.97 Å². The molecule has 1 amide bonds. The number of carboxylic acid groups (broad SMARTS) is 1. The van der Waals surface area contributed by atoms with Crippen molar-refractivity contribution in [3.8, 4) is 0 Å². The first-order valence-electron chi connectivity index (χ1n) is 5.87. The fourth-order valence-electron chi connectivity index (χ4n) is 1.70. The Bertz CT molecular complexity index is 677. The summed E-state index contributed by atoms with van der Waals surface area (Å²) >= 11 is 0. The molecule has 0 aliphatic heterocycles. The van der Waals surface area contributed by atoms with Crippen molar-refractivity contribution in [1.82, 2.24) is 10.3 Å². The molecule has 1 heterocycles. The summed E-state index contributed by atoms with van der Waals surface area (Å²) in [6.07, 6.45) is 2.75. The number of nitrogens with one attached hydrogen (secondary N) is 1. The van der Waals surface area contributed by atoms with E-state index in [0.717, 1.165) is 18.2 Å². The molecule has 0 bridgehead atoms. The number of rotatable bonds is 4. The van der Waals surface area contributed by atoms with Crippen LogP contribution < -0.4 is 5.32 Å². The van der Waals surface area contributed by atoms with Gasteiger partial charge in [-0.1, -0.05) is 6.07 Å². The zero-order chi connectivity index (χ0) is 15.4. The van der Waals surface area contributed by atoms with Crippen LogP contribution in [-0.2, 0) is 4.79 Å². The second-order valence-corrected chi connectivity index (χ2v) is 4.15. The lowest BCUT2D eigenvalue weighted by Gasteiger charge is -2.15. The number of halogens is 2. The number of hydrogen-bond acceptors (Lipinski definition) is 3. The summed E-state index contributed by atoms with van der Waals surface area (Å²) in [5, 5.41) is 11.4. The zero-order valence-corrected chi connectivity index (χ0v) is 10.6. The number of carbonyl (C=O) groups excluding carboxylic acids is 1. The molecule has 7 heteroatoms. The van der Waals surface area contributed by atoms with Gasteiger partial charge in [-0.05, 0) is 29.8 Å². The molecule has 1 atom stereocenters. The largest absolute Gasteiger partial charge is 0.479 e. The number of amides is 1. The van der Waals surface area contributed by atoms with Crippen LogP contribution in [0.4, 0.5) is 8.78 Å². The van der Waals surface area contributed by atoms with Crippen LogP contribution in [0.3, 0.4) is 0 Å². The highest BCUT2D eigenvalue weighted by Crippen LogP contribution is 2.17. The molecule has 0 aliphatic rings. The first kappa shape index (κ1) is 14.6. The monoisotopic (exact) mass is 292 g/mol. The number of benzene rings is 1. The minimum Gasteiger partial charge on any atom is -0.479 e. The smallest absolute Gasteiger partial charge is 0.330 e. The maximum atomic E-state index is 13.2. The minimum atomic E-state index is -1.49. The first-order valence-corrected chi connectivity index (χ1v) is 5.87. The second kappa shape index (κ2) is 6.08. The number of carboxylic acids is 1. The summed E-state index contributed by atoms with van der Waals surface area (Å²) in [6.45, 7) is 0. The van der Waals surface area contributed by atoms with Crippen molar-refractivity contribution in [1.29, 1.82) is 0 Å². The number of carbonyl (C=O) groups is 2. The van der Waals surface area contributed by atoms with E-state index in [-0.39, 0.29) is 11.1 Å². The molecule has 0 spiro atoms. The third-order valence-electron chi connectivity index (χ3n) is 2.74. The Balaban J connectivity index is 2.26. The van der Waals surface area contributed by atoms with Gasteiger partial charge in [0.15, 0.2) is 17.7 Å². The van der Waals surface area contributed by atoms with Crippen molar-refractivity contribution in [2.45, 2.75) is 6.04 Å². The average Bonchev–Trinajstić information content (AvgIpc) is 2.48. The lowest BCUT2D eigenvalue weighted by atomic mass is 10.1. The Labute approximate surface area is 118 Å². The molecule has 108 valence electrons. The van der Waals surface area contributed by atoms with E-state index in [4.69, 9.17) is 5.11 Å². The Morgan fingerprint density at radius 1 is 1.10 bits per heavy atom. The molecule has 1 unspecified atom stereocenters. The quantitative estimate of drug-likeness (QED) is 0.902. The Morgan fingerprint density at radius 3 is 2.33 bits per heavy atom. The van der Waals surface area contributed by atoms with Crippen molar-refractivity contribution in [3.63, 3.8) is 0 Å². The molecule has 2 N–H and O–H groups in total. The molecule has 0 radical (unpaired) electrons.